The molecule has 1 rings (SSSR count). The van der Waals surface area contributed by atoms with Gasteiger partial charge >= 0.3 is 0 Å². The van der Waals surface area contributed by atoms with Crippen LogP contribution < -0.4 is 0 Å². The van der Waals surface area contributed by atoms with Crippen LogP contribution in [0.3, 0.4) is 0 Å². The number of hydrogen-bond acceptors (Lipinski definition) is 2. The lowest BCUT2D eigenvalue weighted by Crippen LogP contribution is -1.94. The van der Waals surface area contributed by atoms with Crippen LogP contribution in [0.1, 0.15) is 10.4 Å². The first-order chi connectivity index (χ1) is 6.07. The van der Waals surface area contributed by atoms with Crippen LogP contribution in [-0.4, -0.2) is 10.9 Å². The Balaban J connectivity index is 3.33. The minimum Gasteiger partial charge on any atom is -0.506 e. The van der Waals surface area contributed by atoms with Crippen LogP contribution in [0.15, 0.2) is 24.8 Å². The minimum absolute atomic E-state index is 0.0191. The molecule has 1 N–H and O–H groups in total. The van der Waals surface area contributed by atoms with Crippen LogP contribution in [0.4, 0.5) is 0 Å². The van der Waals surface area contributed by atoms with E-state index in [9.17, 15) is 4.79 Å². The van der Waals surface area contributed by atoms with E-state index in [2.05, 4.69) is 6.58 Å². The van der Waals surface area contributed by atoms with Crippen LogP contribution >= 0.6 is 23.2 Å². The normalized spacial score (nSPS) is 9.69. The molecule has 0 aromatic heterocycles. The molecule has 1 aromatic rings. The number of phenolic OH excluding ortho intramolecular Hbond substituents is 1. The number of halogens is 2. The lowest BCUT2D eigenvalue weighted by molar-refractivity contribution is 0.104. The van der Waals surface area contributed by atoms with Crippen molar-refractivity contribution in [3.63, 3.8) is 0 Å². The molecule has 0 bridgehead atoms. The van der Waals surface area contributed by atoms with Crippen molar-refractivity contribution in [2.24, 2.45) is 0 Å². The van der Waals surface area contributed by atoms with Gasteiger partial charge in [-0.05, 0) is 18.2 Å². The third-order valence-electron chi connectivity index (χ3n) is 1.51. The van der Waals surface area contributed by atoms with Gasteiger partial charge in [-0.3, -0.25) is 4.79 Å². The Labute approximate surface area is 85.4 Å². The van der Waals surface area contributed by atoms with Crippen molar-refractivity contribution in [1.29, 1.82) is 0 Å². The number of rotatable bonds is 2. The lowest BCUT2D eigenvalue weighted by Gasteiger charge is -2.03. The Morgan fingerprint density at radius 1 is 1.38 bits per heavy atom. The number of ketones is 1. The largest absolute Gasteiger partial charge is 0.506 e. The fourth-order valence-corrected chi connectivity index (χ4v) is 1.26. The third-order valence-corrected chi connectivity index (χ3v) is 2.38. The summed E-state index contributed by atoms with van der Waals surface area (Å²) in [6.07, 6.45) is 1.13. The van der Waals surface area contributed by atoms with E-state index in [0.29, 0.717) is 0 Å². The molecule has 0 spiro atoms. The number of allylic oxidation sites excluding steroid dienone is 1. The number of aromatic hydroxyl groups is 1. The SMILES string of the molecule is C=CC(=O)c1ccc(O)c(Cl)c1Cl. The summed E-state index contributed by atoms with van der Waals surface area (Å²) in [4.78, 5) is 11.2. The van der Waals surface area contributed by atoms with Gasteiger partial charge in [-0.2, -0.15) is 0 Å². The fourth-order valence-electron chi connectivity index (χ4n) is 0.840. The molecule has 68 valence electrons. The molecular formula is C9H6Cl2O2. The number of carbonyl (C=O) groups excluding carboxylic acids is 1. The van der Waals surface area contributed by atoms with Gasteiger partial charge in [0.05, 0.1) is 5.02 Å². The average molecular weight is 217 g/mol. The van der Waals surface area contributed by atoms with Crippen molar-refractivity contribution < 1.29 is 9.90 Å². The first-order valence-corrected chi connectivity index (χ1v) is 4.17. The summed E-state index contributed by atoms with van der Waals surface area (Å²) in [7, 11) is 0. The molecule has 0 heterocycles. The monoisotopic (exact) mass is 216 g/mol. The van der Waals surface area contributed by atoms with Gasteiger partial charge in [0.1, 0.15) is 10.8 Å². The number of carbonyl (C=O) groups is 1. The van der Waals surface area contributed by atoms with E-state index in [1.807, 2.05) is 0 Å². The van der Waals surface area contributed by atoms with Gasteiger partial charge in [0.2, 0.25) is 0 Å². The molecule has 0 aliphatic rings. The third kappa shape index (κ3) is 1.85. The molecule has 0 fully saturated rings. The molecule has 0 atom stereocenters. The van der Waals surface area contributed by atoms with Crippen LogP contribution in [0.2, 0.25) is 10.0 Å². The fraction of sp³-hybridized carbons (Fsp3) is 0. The Morgan fingerprint density at radius 2 is 2.00 bits per heavy atom. The summed E-state index contributed by atoms with van der Waals surface area (Å²) in [5.41, 5.74) is 0.236. The van der Waals surface area contributed by atoms with E-state index >= 15 is 0 Å². The van der Waals surface area contributed by atoms with Crippen LogP contribution in [0.5, 0.6) is 5.75 Å². The van der Waals surface area contributed by atoms with E-state index in [1.165, 1.54) is 12.1 Å². The quantitative estimate of drug-likeness (QED) is 0.610. The highest BCUT2D eigenvalue weighted by atomic mass is 35.5. The summed E-state index contributed by atoms with van der Waals surface area (Å²) >= 11 is 11.3. The van der Waals surface area contributed by atoms with E-state index < -0.39 is 0 Å². The van der Waals surface area contributed by atoms with E-state index in [1.54, 1.807) is 0 Å². The molecule has 0 unspecified atom stereocenters. The second kappa shape index (κ2) is 3.81. The highest BCUT2D eigenvalue weighted by Crippen LogP contribution is 2.33. The maximum absolute atomic E-state index is 11.2. The van der Waals surface area contributed by atoms with Crippen molar-refractivity contribution in [1.82, 2.24) is 0 Å². The Morgan fingerprint density at radius 3 is 2.54 bits per heavy atom. The number of benzene rings is 1. The van der Waals surface area contributed by atoms with Gasteiger partial charge in [0, 0.05) is 5.56 Å². The Kier molecular flexibility index (Phi) is 2.96. The summed E-state index contributed by atoms with van der Waals surface area (Å²) in [5, 5.41) is 9.15. The number of phenols is 1. The molecular weight excluding hydrogens is 211 g/mol. The second-order valence-electron chi connectivity index (χ2n) is 2.33. The van der Waals surface area contributed by atoms with Crippen molar-refractivity contribution in [3.05, 3.63) is 40.4 Å². The first kappa shape index (κ1) is 10.1. The predicted octanol–water partition coefficient (Wildman–Crippen LogP) is 3.07. The smallest absolute Gasteiger partial charge is 0.186 e. The Hall–Kier alpha value is -0.990. The van der Waals surface area contributed by atoms with E-state index in [-0.39, 0.29) is 27.1 Å². The standard InChI is InChI=1S/C9H6Cl2O2/c1-2-6(12)5-3-4-7(13)9(11)8(5)10/h2-4,13H,1H2. The van der Waals surface area contributed by atoms with Gasteiger partial charge in [-0.1, -0.05) is 29.8 Å². The van der Waals surface area contributed by atoms with Gasteiger partial charge in [0.25, 0.3) is 0 Å². The van der Waals surface area contributed by atoms with Crippen LogP contribution in [0.25, 0.3) is 0 Å². The topological polar surface area (TPSA) is 37.3 Å². The van der Waals surface area contributed by atoms with Crippen molar-refractivity contribution in [2.75, 3.05) is 0 Å². The molecule has 2 nitrogen and oxygen atoms in total. The van der Waals surface area contributed by atoms with Gasteiger partial charge in [0.15, 0.2) is 5.78 Å². The summed E-state index contributed by atoms with van der Waals surface area (Å²) in [6, 6.07) is 2.71. The van der Waals surface area contributed by atoms with Crippen LogP contribution in [0, 0.1) is 0 Å². The minimum atomic E-state index is -0.327. The maximum Gasteiger partial charge on any atom is 0.186 e. The highest BCUT2D eigenvalue weighted by molar-refractivity contribution is 6.45. The highest BCUT2D eigenvalue weighted by Gasteiger charge is 2.12. The summed E-state index contributed by atoms with van der Waals surface area (Å²) in [6.45, 7) is 3.32. The zero-order valence-electron chi connectivity index (χ0n) is 6.55. The predicted molar refractivity (Wildman–Crippen MR) is 52.7 cm³/mol. The Bertz CT molecular complexity index is 372. The van der Waals surface area contributed by atoms with Crippen molar-refractivity contribution in [3.8, 4) is 5.75 Å². The maximum atomic E-state index is 11.2. The molecule has 1 aromatic carbocycles. The van der Waals surface area contributed by atoms with Gasteiger partial charge < -0.3 is 5.11 Å². The van der Waals surface area contributed by atoms with Crippen molar-refractivity contribution in [2.45, 2.75) is 0 Å². The van der Waals surface area contributed by atoms with Crippen LogP contribution in [-0.2, 0) is 0 Å². The summed E-state index contributed by atoms with van der Waals surface area (Å²) < 4.78 is 0. The van der Waals surface area contributed by atoms with Crippen molar-refractivity contribution >= 4 is 29.0 Å². The molecule has 0 saturated carbocycles. The molecule has 0 aliphatic carbocycles. The summed E-state index contributed by atoms with van der Waals surface area (Å²) in [5.74, 6) is -0.473. The first-order valence-electron chi connectivity index (χ1n) is 3.41. The zero-order valence-corrected chi connectivity index (χ0v) is 8.06. The molecule has 0 aliphatic heterocycles. The lowest BCUT2D eigenvalue weighted by atomic mass is 10.1. The molecule has 0 saturated heterocycles. The number of hydrogen-bond donors (Lipinski definition) is 1. The zero-order chi connectivity index (χ0) is 10.0. The van der Waals surface area contributed by atoms with Gasteiger partial charge in [-0.15, -0.1) is 0 Å². The second-order valence-corrected chi connectivity index (χ2v) is 3.08. The molecule has 0 radical (unpaired) electrons. The molecule has 13 heavy (non-hydrogen) atoms. The average Bonchev–Trinajstić information content (AvgIpc) is 2.13. The molecule has 4 heteroatoms. The van der Waals surface area contributed by atoms with Gasteiger partial charge in [-0.25, -0.2) is 0 Å². The van der Waals surface area contributed by atoms with E-state index in [4.69, 9.17) is 28.3 Å². The van der Waals surface area contributed by atoms with E-state index in [0.717, 1.165) is 6.08 Å². The molecule has 0 amide bonds.